The van der Waals surface area contributed by atoms with Crippen LogP contribution in [-0.4, -0.2) is 68.2 Å². The predicted octanol–water partition coefficient (Wildman–Crippen LogP) is 7.91. The molecule has 4 aliphatic rings. The fourth-order valence-electron chi connectivity index (χ4n) is 7.50. The fourth-order valence-corrected chi connectivity index (χ4v) is 7.50. The molecule has 5 heterocycles. The van der Waals surface area contributed by atoms with Crippen molar-refractivity contribution in [3.63, 3.8) is 0 Å². The van der Waals surface area contributed by atoms with Crippen LogP contribution in [0.4, 0.5) is 0 Å². The quantitative estimate of drug-likeness (QED) is 0.153. The molecule has 0 spiro atoms. The Labute approximate surface area is 305 Å². The first-order valence-corrected chi connectivity index (χ1v) is 17.7. The van der Waals surface area contributed by atoms with Crippen molar-refractivity contribution >= 4 is 5.97 Å². The van der Waals surface area contributed by atoms with E-state index in [2.05, 4.69) is 59.7 Å². The van der Waals surface area contributed by atoms with Gasteiger partial charge < -0.3 is 23.7 Å². The normalized spacial score (nSPS) is 20.1. The number of pyridine rings is 1. The number of rotatable bonds is 5. The molecule has 4 bridgehead atoms. The SMILES string of the molecule is C=CC1=C2/C=C(\C)Oc3c(OC(=O)c4ccncc4)c(OC)cc4c3[C@H](Cc3ccc(OC)c(c3)Oc3ccc(cc3)C[C@@H]2N(C)CC1)N(C)CC4. The predicted molar refractivity (Wildman–Crippen MR) is 201 cm³/mol. The van der Waals surface area contributed by atoms with E-state index in [9.17, 15) is 4.79 Å². The van der Waals surface area contributed by atoms with Crippen LogP contribution in [0.1, 0.15) is 52.0 Å². The number of fused-ring (bicyclic) bond motifs is 3. The van der Waals surface area contributed by atoms with Crippen molar-refractivity contribution in [3.8, 4) is 34.5 Å². The summed E-state index contributed by atoms with van der Waals surface area (Å²) < 4.78 is 31.3. The van der Waals surface area contributed by atoms with Crippen LogP contribution < -0.4 is 23.7 Å². The number of esters is 1. The zero-order valence-corrected chi connectivity index (χ0v) is 30.5. The maximum absolute atomic E-state index is 13.7. The van der Waals surface area contributed by atoms with E-state index >= 15 is 0 Å². The summed E-state index contributed by atoms with van der Waals surface area (Å²) in [5.41, 5.74) is 6.95. The highest BCUT2D eigenvalue weighted by Crippen LogP contribution is 2.50. The molecular weight excluding hydrogens is 654 g/mol. The molecule has 0 radical (unpaired) electrons. The Kier molecular flexibility index (Phi) is 10.2. The van der Waals surface area contributed by atoms with Gasteiger partial charge >= 0.3 is 5.97 Å². The fraction of sp³-hybridized carbons (Fsp3) is 0.302. The van der Waals surface area contributed by atoms with E-state index in [1.165, 1.54) is 11.1 Å². The summed E-state index contributed by atoms with van der Waals surface area (Å²) in [5.74, 6) is 3.28. The molecule has 0 amide bonds. The number of allylic oxidation sites excluding steroid dienone is 2. The van der Waals surface area contributed by atoms with Crippen LogP contribution in [0.2, 0.25) is 0 Å². The molecule has 0 saturated heterocycles. The lowest BCUT2D eigenvalue weighted by molar-refractivity contribution is 0.0723. The Morgan fingerprint density at radius 3 is 2.29 bits per heavy atom. The minimum Gasteiger partial charge on any atom is -0.493 e. The summed E-state index contributed by atoms with van der Waals surface area (Å²) >= 11 is 0. The van der Waals surface area contributed by atoms with Gasteiger partial charge in [0.05, 0.1) is 19.8 Å². The van der Waals surface area contributed by atoms with E-state index in [0.29, 0.717) is 40.7 Å². The number of aromatic nitrogens is 1. The number of likely N-dealkylation sites (N-methyl/N-ethyl adjacent to an activating group) is 2. The molecule has 1 aromatic heterocycles. The van der Waals surface area contributed by atoms with E-state index < -0.39 is 5.97 Å². The molecule has 0 aliphatic carbocycles. The summed E-state index contributed by atoms with van der Waals surface area (Å²) in [7, 11) is 7.51. The number of ether oxygens (including phenoxy) is 5. The lowest BCUT2D eigenvalue weighted by Crippen LogP contribution is -2.39. The Bertz CT molecular complexity index is 2040. The largest absolute Gasteiger partial charge is 0.493 e. The first kappa shape index (κ1) is 35.0. The monoisotopic (exact) mass is 699 g/mol. The zero-order chi connectivity index (χ0) is 36.4. The molecule has 268 valence electrons. The van der Waals surface area contributed by atoms with Gasteiger partial charge in [0.15, 0.2) is 23.0 Å². The van der Waals surface area contributed by atoms with Gasteiger partial charge in [0.2, 0.25) is 5.75 Å². The van der Waals surface area contributed by atoms with Crippen molar-refractivity contribution in [2.24, 2.45) is 0 Å². The second kappa shape index (κ2) is 15.1. The van der Waals surface area contributed by atoms with E-state index in [1.807, 2.05) is 43.3 Å². The smallest absolute Gasteiger partial charge is 0.343 e. The lowest BCUT2D eigenvalue weighted by Gasteiger charge is -2.37. The average Bonchev–Trinajstić information content (AvgIpc) is 3.15. The van der Waals surface area contributed by atoms with Crippen LogP contribution in [0.25, 0.3) is 0 Å². The molecule has 4 aliphatic heterocycles. The number of hydrogen-bond donors (Lipinski definition) is 0. The summed E-state index contributed by atoms with van der Waals surface area (Å²) in [6.45, 7) is 7.87. The minimum absolute atomic E-state index is 0.0739. The average molecular weight is 700 g/mol. The van der Waals surface area contributed by atoms with Crippen molar-refractivity contribution in [2.45, 2.75) is 44.7 Å². The van der Waals surface area contributed by atoms with E-state index in [4.69, 9.17) is 23.7 Å². The molecule has 0 unspecified atom stereocenters. The van der Waals surface area contributed by atoms with Gasteiger partial charge in [-0.1, -0.05) is 30.9 Å². The van der Waals surface area contributed by atoms with Gasteiger partial charge in [-0.15, -0.1) is 0 Å². The highest BCUT2D eigenvalue weighted by molar-refractivity contribution is 5.91. The maximum Gasteiger partial charge on any atom is 0.343 e. The third kappa shape index (κ3) is 7.07. The summed E-state index contributed by atoms with van der Waals surface area (Å²) in [5, 5.41) is 0. The van der Waals surface area contributed by atoms with Crippen LogP contribution >= 0.6 is 0 Å². The van der Waals surface area contributed by atoms with E-state index in [0.717, 1.165) is 60.4 Å². The first-order valence-electron chi connectivity index (χ1n) is 17.7. The Hall–Kier alpha value is -5.38. The maximum atomic E-state index is 13.7. The third-order valence-corrected chi connectivity index (χ3v) is 10.4. The zero-order valence-electron chi connectivity index (χ0n) is 30.5. The number of carbonyl (C=O) groups excluding carboxylic acids is 1. The van der Waals surface area contributed by atoms with Crippen LogP contribution in [0.5, 0.6) is 34.5 Å². The number of benzene rings is 3. The van der Waals surface area contributed by atoms with E-state index in [-0.39, 0.29) is 17.8 Å². The number of nitrogens with zero attached hydrogens (tertiary/aromatic N) is 3. The second-order valence-electron chi connectivity index (χ2n) is 13.6. The molecule has 52 heavy (non-hydrogen) atoms. The number of methoxy groups -OCH3 is 2. The highest BCUT2D eigenvalue weighted by Gasteiger charge is 2.35. The van der Waals surface area contributed by atoms with Crippen molar-refractivity contribution < 1.29 is 28.5 Å². The molecule has 8 rings (SSSR count). The molecule has 3 aromatic carbocycles. The van der Waals surface area contributed by atoms with Gasteiger partial charge in [0.25, 0.3) is 0 Å². The van der Waals surface area contributed by atoms with Gasteiger partial charge in [0, 0.05) is 43.1 Å². The van der Waals surface area contributed by atoms with Gasteiger partial charge in [-0.05, 0) is 123 Å². The summed E-state index contributed by atoms with van der Waals surface area (Å²) in [6.07, 6.45) is 10.3. The van der Waals surface area contributed by atoms with Crippen LogP contribution in [0.3, 0.4) is 0 Å². The third-order valence-electron chi connectivity index (χ3n) is 10.4. The molecule has 0 saturated carbocycles. The van der Waals surface area contributed by atoms with Gasteiger partial charge in [-0.25, -0.2) is 4.79 Å². The topological polar surface area (TPSA) is 82.6 Å². The van der Waals surface area contributed by atoms with Crippen LogP contribution in [0.15, 0.2) is 109 Å². The Morgan fingerprint density at radius 1 is 0.865 bits per heavy atom. The van der Waals surface area contributed by atoms with Crippen LogP contribution in [0, 0.1) is 0 Å². The Balaban J connectivity index is 1.44. The van der Waals surface area contributed by atoms with E-state index in [1.54, 1.807) is 38.7 Å². The standard InChI is InChI=1S/C43H45N3O6/c1-7-30-16-20-45(3)35-23-28-8-11-33(12-9-28)51-38-25-29(10-13-37(38)48-5)24-36-40-32(17-21-46(36)4)26-39(49-6)41(42(40)50-27(2)22-34(30)35)52-43(47)31-14-18-44-19-15-31/h7-15,18-19,22,25-26,35-36H,1,16-17,20-21,23-24H2,2-6H3/b27-22+/t35-,36-/m0/s1. The highest BCUT2D eigenvalue weighted by atomic mass is 16.6. The summed E-state index contributed by atoms with van der Waals surface area (Å²) in [6, 6.07) is 19.5. The number of hydrogen-bond acceptors (Lipinski definition) is 9. The van der Waals surface area contributed by atoms with Crippen molar-refractivity contribution in [1.82, 2.24) is 14.8 Å². The number of carbonyl (C=O) groups is 1. The second-order valence-corrected chi connectivity index (χ2v) is 13.6. The van der Waals surface area contributed by atoms with Gasteiger partial charge in [0.1, 0.15) is 11.5 Å². The Morgan fingerprint density at radius 2 is 1.56 bits per heavy atom. The molecule has 0 fully saturated rings. The first-order chi connectivity index (χ1) is 25.3. The molecule has 9 nitrogen and oxygen atoms in total. The molecule has 2 atom stereocenters. The molecule has 4 aromatic rings. The summed E-state index contributed by atoms with van der Waals surface area (Å²) in [4.78, 5) is 22.4. The lowest BCUT2D eigenvalue weighted by atomic mass is 9.87. The van der Waals surface area contributed by atoms with Crippen molar-refractivity contribution in [1.29, 1.82) is 0 Å². The van der Waals surface area contributed by atoms with Gasteiger partial charge in [-0.2, -0.15) is 0 Å². The van der Waals surface area contributed by atoms with Crippen molar-refractivity contribution in [3.05, 3.63) is 137 Å². The minimum atomic E-state index is -0.532. The van der Waals surface area contributed by atoms with Gasteiger partial charge in [-0.3, -0.25) is 14.8 Å². The van der Waals surface area contributed by atoms with Crippen LogP contribution in [-0.2, 0) is 19.3 Å². The molecular formula is C43H45N3O6. The molecule has 0 N–H and O–H groups in total. The van der Waals surface area contributed by atoms with Crippen molar-refractivity contribution in [2.75, 3.05) is 41.4 Å². The molecule has 9 heteroatoms.